The Bertz CT molecular complexity index is 688. The first-order chi connectivity index (χ1) is 11.7. The maximum atomic E-state index is 12.5. The SMILES string of the molecule is O=C(Nc1ccccc1)N1C[C@H]2C[C@H](O)[C@@H](n3cccn3)C[C@H]2C1. The maximum Gasteiger partial charge on any atom is 0.321 e. The molecule has 2 aliphatic rings. The average molecular weight is 326 g/mol. The number of rotatable bonds is 2. The van der Waals surface area contributed by atoms with Crippen LogP contribution in [0.25, 0.3) is 0 Å². The number of aliphatic hydroxyl groups excluding tert-OH is 1. The number of benzene rings is 1. The van der Waals surface area contributed by atoms with E-state index in [2.05, 4.69) is 10.4 Å². The van der Waals surface area contributed by atoms with E-state index in [1.54, 1.807) is 6.20 Å². The summed E-state index contributed by atoms with van der Waals surface area (Å²) in [4.78, 5) is 14.4. The summed E-state index contributed by atoms with van der Waals surface area (Å²) in [7, 11) is 0. The van der Waals surface area contributed by atoms with E-state index in [9.17, 15) is 9.90 Å². The number of amides is 2. The first kappa shape index (κ1) is 15.2. The predicted molar refractivity (Wildman–Crippen MR) is 90.5 cm³/mol. The van der Waals surface area contributed by atoms with Crippen LogP contribution in [0.15, 0.2) is 48.8 Å². The van der Waals surface area contributed by atoms with Gasteiger partial charge in [-0.05, 0) is 42.9 Å². The minimum absolute atomic E-state index is 0.0124. The monoisotopic (exact) mass is 326 g/mol. The Hall–Kier alpha value is -2.34. The molecule has 1 aromatic heterocycles. The fourth-order valence-corrected chi connectivity index (χ4v) is 4.06. The van der Waals surface area contributed by atoms with Crippen LogP contribution in [0.4, 0.5) is 10.5 Å². The van der Waals surface area contributed by atoms with Gasteiger partial charge in [0.2, 0.25) is 0 Å². The molecule has 2 N–H and O–H groups in total. The molecule has 0 unspecified atom stereocenters. The number of nitrogens with one attached hydrogen (secondary N) is 1. The zero-order valence-corrected chi connectivity index (χ0v) is 13.5. The minimum atomic E-state index is -0.400. The van der Waals surface area contributed by atoms with Gasteiger partial charge in [-0.1, -0.05) is 18.2 Å². The lowest BCUT2D eigenvalue weighted by molar-refractivity contribution is 0.0306. The Labute approximate surface area is 141 Å². The van der Waals surface area contributed by atoms with Crippen molar-refractivity contribution in [3.8, 4) is 0 Å². The summed E-state index contributed by atoms with van der Waals surface area (Å²) in [5, 5.41) is 17.7. The molecule has 126 valence electrons. The van der Waals surface area contributed by atoms with Crippen molar-refractivity contribution in [2.24, 2.45) is 11.8 Å². The van der Waals surface area contributed by atoms with Gasteiger partial charge in [0, 0.05) is 31.2 Å². The van der Waals surface area contributed by atoms with Crippen LogP contribution in [0.1, 0.15) is 18.9 Å². The van der Waals surface area contributed by atoms with E-state index < -0.39 is 6.10 Å². The van der Waals surface area contributed by atoms with Gasteiger partial charge in [-0.25, -0.2) is 4.79 Å². The van der Waals surface area contributed by atoms with E-state index >= 15 is 0 Å². The molecule has 2 fully saturated rings. The summed E-state index contributed by atoms with van der Waals surface area (Å²) in [6, 6.07) is 11.4. The molecule has 0 radical (unpaired) electrons. The molecule has 6 nitrogen and oxygen atoms in total. The van der Waals surface area contributed by atoms with Gasteiger partial charge < -0.3 is 15.3 Å². The van der Waals surface area contributed by atoms with Crippen molar-refractivity contribution in [3.63, 3.8) is 0 Å². The number of anilines is 1. The lowest BCUT2D eigenvalue weighted by atomic mass is 9.77. The number of aliphatic hydroxyl groups is 1. The molecule has 2 amide bonds. The van der Waals surface area contributed by atoms with Crippen LogP contribution in [0.3, 0.4) is 0 Å². The first-order valence-electron chi connectivity index (χ1n) is 8.49. The first-order valence-corrected chi connectivity index (χ1v) is 8.49. The topological polar surface area (TPSA) is 70.4 Å². The van der Waals surface area contributed by atoms with Gasteiger partial charge in [-0.3, -0.25) is 4.68 Å². The third-order valence-electron chi connectivity index (χ3n) is 5.29. The Kier molecular flexibility index (Phi) is 3.98. The van der Waals surface area contributed by atoms with Gasteiger partial charge in [-0.2, -0.15) is 5.10 Å². The molecule has 1 aliphatic heterocycles. The molecular weight excluding hydrogens is 304 g/mol. The van der Waals surface area contributed by atoms with Gasteiger partial charge in [0.05, 0.1) is 12.1 Å². The average Bonchev–Trinajstić information content (AvgIpc) is 3.24. The molecule has 6 heteroatoms. The summed E-state index contributed by atoms with van der Waals surface area (Å²) in [5.74, 6) is 0.789. The zero-order chi connectivity index (χ0) is 16.5. The highest BCUT2D eigenvalue weighted by Gasteiger charge is 2.43. The second-order valence-electron chi connectivity index (χ2n) is 6.81. The van der Waals surface area contributed by atoms with Crippen molar-refractivity contribution in [2.75, 3.05) is 18.4 Å². The van der Waals surface area contributed by atoms with Crippen LogP contribution in [0.2, 0.25) is 0 Å². The normalized spacial score (nSPS) is 29.3. The van der Waals surface area contributed by atoms with E-state index in [0.717, 1.165) is 25.1 Å². The van der Waals surface area contributed by atoms with E-state index in [1.807, 2.05) is 52.2 Å². The fourth-order valence-electron chi connectivity index (χ4n) is 4.06. The van der Waals surface area contributed by atoms with Gasteiger partial charge in [0.1, 0.15) is 0 Å². The van der Waals surface area contributed by atoms with Gasteiger partial charge >= 0.3 is 6.03 Å². The Morgan fingerprint density at radius 1 is 1.12 bits per heavy atom. The van der Waals surface area contributed by atoms with Crippen LogP contribution in [0, 0.1) is 11.8 Å². The number of hydrogen-bond acceptors (Lipinski definition) is 3. The van der Waals surface area contributed by atoms with Crippen molar-refractivity contribution in [2.45, 2.75) is 25.0 Å². The third-order valence-corrected chi connectivity index (χ3v) is 5.29. The number of carbonyl (C=O) groups is 1. The molecule has 0 bridgehead atoms. The van der Waals surface area contributed by atoms with Gasteiger partial charge in [0.15, 0.2) is 0 Å². The van der Waals surface area contributed by atoms with Crippen LogP contribution >= 0.6 is 0 Å². The van der Waals surface area contributed by atoms with E-state index in [1.165, 1.54) is 0 Å². The number of carbonyl (C=O) groups excluding carboxylic acids is 1. The Morgan fingerprint density at radius 3 is 2.58 bits per heavy atom. The largest absolute Gasteiger partial charge is 0.391 e. The molecule has 1 saturated carbocycles. The second-order valence-corrected chi connectivity index (χ2v) is 6.81. The maximum absolute atomic E-state index is 12.5. The zero-order valence-electron chi connectivity index (χ0n) is 13.5. The third kappa shape index (κ3) is 2.89. The van der Waals surface area contributed by atoms with E-state index in [4.69, 9.17) is 0 Å². The van der Waals surface area contributed by atoms with Crippen LogP contribution < -0.4 is 5.32 Å². The lowest BCUT2D eigenvalue weighted by Gasteiger charge is -2.35. The summed E-state index contributed by atoms with van der Waals surface area (Å²) < 4.78 is 1.85. The molecule has 2 aromatic rings. The number of para-hydroxylation sites is 1. The molecular formula is C18H22N4O2. The predicted octanol–water partition coefficient (Wildman–Crippen LogP) is 2.36. The molecule has 1 aromatic carbocycles. The van der Waals surface area contributed by atoms with Crippen LogP contribution in [-0.4, -0.2) is 45.0 Å². The van der Waals surface area contributed by atoms with Gasteiger partial charge in [0.25, 0.3) is 0 Å². The minimum Gasteiger partial charge on any atom is -0.391 e. The molecule has 0 spiro atoms. The molecule has 4 atom stereocenters. The number of aromatic nitrogens is 2. The number of likely N-dealkylation sites (tertiary alicyclic amines) is 1. The van der Waals surface area contributed by atoms with Crippen molar-refractivity contribution >= 4 is 11.7 Å². The van der Waals surface area contributed by atoms with Crippen molar-refractivity contribution in [3.05, 3.63) is 48.8 Å². The summed E-state index contributed by atoms with van der Waals surface area (Å²) in [5.41, 5.74) is 0.812. The molecule has 1 saturated heterocycles. The number of hydrogen-bond donors (Lipinski definition) is 2. The number of fused-ring (bicyclic) bond motifs is 1. The highest BCUT2D eigenvalue weighted by Crippen LogP contribution is 2.41. The number of nitrogens with zero attached hydrogens (tertiary/aromatic N) is 3. The van der Waals surface area contributed by atoms with Crippen LogP contribution in [-0.2, 0) is 0 Å². The van der Waals surface area contributed by atoms with Crippen molar-refractivity contribution in [1.29, 1.82) is 0 Å². The van der Waals surface area contributed by atoms with Crippen LogP contribution in [0.5, 0.6) is 0 Å². The summed E-state index contributed by atoms with van der Waals surface area (Å²) >= 11 is 0. The summed E-state index contributed by atoms with van der Waals surface area (Å²) in [6.07, 6.45) is 4.84. The highest BCUT2D eigenvalue weighted by atomic mass is 16.3. The molecule has 24 heavy (non-hydrogen) atoms. The number of urea groups is 1. The molecule has 1 aliphatic carbocycles. The van der Waals surface area contributed by atoms with Crippen molar-refractivity contribution < 1.29 is 9.90 Å². The van der Waals surface area contributed by atoms with Crippen molar-refractivity contribution in [1.82, 2.24) is 14.7 Å². The summed E-state index contributed by atoms with van der Waals surface area (Å²) in [6.45, 7) is 1.46. The fraction of sp³-hybridized carbons (Fsp3) is 0.444. The molecule has 4 rings (SSSR count). The van der Waals surface area contributed by atoms with E-state index in [-0.39, 0.29) is 12.1 Å². The standard InChI is InChI=1S/C18H22N4O2/c23-17-10-14-12-21(18(24)20-15-5-2-1-3-6-15)11-13(14)9-16(17)22-8-4-7-19-22/h1-8,13-14,16-17,23H,9-12H2,(H,20,24)/t13-,14+,16-,17-/m0/s1. The van der Waals surface area contributed by atoms with Gasteiger partial charge in [-0.15, -0.1) is 0 Å². The van der Waals surface area contributed by atoms with E-state index in [0.29, 0.717) is 18.4 Å². The lowest BCUT2D eigenvalue weighted by Crippen LogP contribution is -2.36. The second kappa shape index (κ2) is 6.28. The Balaban J connectivity index is 1.41. The Morgan fingerprint density at radius 2 is 1.88 bits per heavy atom. The smallest absolute Gasteiger partial charge is 0.321 e. The quantitative estimate of drug-likeness (QED) is 0.890. The molecule has 2 heterocycles. The highest BCUT2D eigenvalue weighted by molar-refractivity contribution is 5.89.